The maximum Gasteiger partial charge on any atom is 0.329 e. The summed E-state index contributed by atoms with van der Waals surface area (Å²) >= 11 is 0. The molecule has 0 saturated heterocycles. The first-order valence-corrected chi connectivity index (χ1v) is 7.47. The second kappa shape index (κ2) is 5.88. The van der Waals surface area contributed by atoms with E-state index in [0.717, 1.165) is 24.0 Å². The van der Waals surface area contributed by atoms with Crippen LogP contribution in [0.5, 0.6) is 0 Å². The highest BCUT2D eigenvalue weighted by atomic mass is 16.4. The molecule has 2 N–H and O–H groups in total. The maximum atomic E-state index is 12.5. The van der Waals surface area contributed by atoms with Gasteiger partial charge < -0.3 is 10.4 Å². The molecule has 4 heteroatoms. The van der Waals surface area contributed by atoms with E-state index in [1.54, 1.807) is 0 Å². The molecule has 21 heavy (non-hydrogen) atoms. The highest BCUT2D eigenvalue weighted by molar-refractivity contribution is 5.99. The van der Waals surface area contributed by atoms with Crippen molar-refractivity contribution in [2.24, 2.45) is 5.92 Å². The van der Waals surface area contributed by atoms with Crippen molar-refractivity contribution in [3.63, 3.8) is 0 Å². The van der Waals surface area contributed by atoms with Crippen molar-refractivity contribution < 1.29 is 14.7 Å². The van der Waals surface area contributed by atoms with Gasteiger partial charge in [-0.3, -0.25) is 4.79 Å². The summed E-state index contributed by atoms with van der Waals surface area (Å²) in [6, 6.07) is 5.65. The van der Waals surface area contributed by atoms with E-state index in [9.17, 15) is 14.7 Å². The lowest BCUT2D eigenvalue weighted by atomic mass is 9.76. The van der Waals surface area contributed by atoms with E-state index in [2.05, 4.69) is 5.32 Å². The Hall–Kier alpha value is -1.84. The molecule has 0 spiro atoms. The zero-order valence-electron chi connectivity index (χ0n) is 12.9. The summed E-state index contributed by atoms with van der Waals surface area (Å²) in [5.74, 6) is -0.894. The summed E-state index contributed by atoms with van der Waals surface area (Å²) in [6.07, 6.45) is 2.86. The molecular formula is C17H23NO3. The third kappa shape index (κ3) is 3.26. The number of carbonyl (C=O) groups excluding carboxylic acids is 1. The predicted molar refractivity (Wildman–Crippen MR) is 81.4 cm³/mol. The fourth-order valence-corrected chi connectivity index (χ4v) is 3.18. The molecule has 0 aliphatic heterocycles. The van der Waals surface area contributed by atoms with Crippen molar-refractivity contribution in [1.82, 2.24) is 5.32 Å². The third-order valence-electron chi connectivity index (χ3n) is 4.40. The average Bonchev–Trinajstić information content (AvgIpc) is 2.41. The van der Waals surface area contributed by atoms with Gasteiger partial charge in [0.25, 0.3) is 5.91 Å². The topological polar surface area (TPSA) is 66.4 Å². The summed E-state index contributed by atoms with van der Waals surface area (Å²) in [5, 5.41) is 12.4. The molecule has 1 aliphatic carbocycles. The molecule has 1 aliphatic rings. The van der Waals surface area contributed by atoms with Crippen LogP contribution in [0.4, 0.5) is 0 Å². The molecule has 1 fully saturated rings. The summed E-state index contributed by atoms with van der Waals surface area (Å²) in [6.45, 7) is 5.83. The monoisotopic (exact) mass is 289 g/mol. The van der Waals surface area contributed by atoms with Gasteiger partial charge in [0.1, 0.15) is 5.54 Å². The summed E-state index contributed by atoms with van der Waals surface area (Å²) < 4.78 is 0. The van der Waals surface area contributed by atoms with Gasteiger partial charge in [-0.15, -0.1) is 0 Å². The minimum atomic E-state index is -1.12. The van der Waals surface area contributed by atoms with E-state index in [1.165, 1.54) is 0 Å². The van der Waals surface area contributed by atoms with Crippen LogP contribution in [-0.4, -0.2) is 22.5 Å². The number of carboxylic acid groups (broad SMARTS) is 1. The zero-order valence-corrected chi connectivity index (χ0v) is 12.9. The molecule has 2 atom stereocenters. The van der Waals surface area contributed by atoms with E-state index in [4.69, 9.17) is 0 Å². The van der Waals surface area contributed by atoms with Crippen LogP contribution in [0.25, 0.3) is 0 Å². The zero-order chi connectivity index (χ0) is 15.6. The maximum absolute atomic E-state index is 12.5. The lowest BCUT2D eigenvalue weighted by Gasteiger charge is -2.37. The Labute approximate surface area is 125 Å². The second-order valence-electron chi connectivity index (χ2n) is 6.36. The first-order valence-electron chi connectivity index (χ1n) is 7.47. The van der Waals surface area contributed by atoms with E-state index in [1.807, 2.05) is 39.0 Å². The number of aliphatic carboxylic acids is 1. The Morgan fingerprint density at radius 3 is 2.67 bits per heavy atom. The molecule has 1 saturated carbocycles. The molecule has 1 aromatic carbocycles. The van der Waals surface area contributed by atoms with Gasteiger partial charge in [0.05, 0.1) is 0 Å². The van der Waals surface area contributed by atoms with Crippen LogP contribution in [0.3, 0.4) is 0 Å². The van der Waals surface area contributed by atoms with Crippen LogP contribution in [-0.2, 0) is 4.79 Å². The molecule has 114 valence electrons. The summed E-state index contributed by atoms with van der Waals surface area (Å²) in [7, 11) is 0. The van der Waals surface area contributed by atoms with E-state index in [-0.39, 0.29) is 5.91 Å². The van der Waals surface area contributed by atoms with Crippen molar-refractivity contribution in [2.45, 2.75) is 52.0 Å². The summed E-state index contributed by atoms with van der Waals surface area (Å²) in [4.78, 5) is 24.3. The van der Waals surface area contributed by atoms with Gasteiger partial charge in [-0.25, -0.2) is 4.79 Å². The minimum Gasteiger partial charge on any atom is -0.480 e. The Balaban J connectivity index is 2.27. The number of amides is 1. The fraction of sp³-hybridized carbons (Fsp3) is 0.529. The molecule has 4 nitrogen and oxygen atoms in total. The van der Waals surface area contributed by atoms with E-state index in [0.29, 0.717) is 24.3 Å². The van der Waals surface area contributed by atoms with Crippen molar-refractivity contribution in [3.05, 3.63) is 34.9 Å². The Morgan fingerprint density at radius 2 is 2.05 bits per heavy atom. The van der Waals surface area contributed by atoms with Gasteiger partial charge in [0.15, 0.2) is 0 Å². The summed E-state index contributed by atoms with van der Waals surface area (Å²) in [5.41, 5.74) is 1.30. The number of nitrogens with one attached hydrogen (secondary N) is 1. The van der Waals surface area contributed by atoms with E-state index < -0.39 is 11.5 Å². The van der Waals surface area contributed by atoms with Gasteiger partial charge in [-0.1, -0.05) is 37.5 Å². The predicted octanol–water partition coefficient (Wildman–Crippen LogP) is 3.07. The van der Waals surface area contributed by atoms with Gasteiger partial charge in [0, 0.05) is 5.56 Å². The molecule has 1 amide bonds. The first-order chi connectivity index (χ1) is 9.84. The van der Waals surface area contributed by atoms with Crippen LogP contribution in [0.2, 0.25) is 0 Å². The van der Waals surface area contributed by atoms with Crippen molar-refractivity contribution in [3.8, 4) is 0 Å². The van der Waals surface area contributed by atoms with E-state index >= 15 is 0 Å². The largest absolute Gasteiger partial charge is 0.480 e. The molecule has 2 unspecified atom stereocenters. The number of rotatable bonds is 3. The lowest BCUT2D eigenvalue weighted by molar-refractivity contribution is -0.146. The highest BCUT2D eigenvalue weighted by Crippen LogP contribution is 2.33. The average molecular weight is 289 g/mol. The number of aryl methyl sites for hydroxylation is 2. The first kappa shape index (κ1) is 15.5. The van der Waals surface area contributed by atoms with Crippen LogP contribution < -0.4 is 5.32 Å². The van der Waals surface area contributed by atoms with Gasteiger partial charge >= 0.3 is 5.97 Å². The molecule has 0 radical (unpaired) electrons. The number of hydrogen-bond donors (Lipinski definition) is 2. The minimum absolute atomic E-state index is 0.285. The number of carbonyl (C=O) groups is 2. The van der Waals surface area contributed by atoms with Crippen LogP contribution in [0.15, 0.2) is 18.2 Å². The Bertz CT molecular complexity index is 567. The van der Waals surface area contributed by atoms with Crippen LogP contribution in [0, 0.1) is 19.8 Å². The number of hydrogen-bond acceptors (Lipinski definition) is 2. The standard InChI is InChI=1S/C17H23NO3/c1-11-6-7-13(3)14(9-11)15(19)18-17(16(20)21)8-4-5-12(2)10-17/h6-7,9,12H,4-5,8,10H2,1-3H3,(H,18,19)(H,20,21). The number of benzene rings is 1. The molecule has 0 bridgehead atoms. The van der Waals surface area contributed by atoms with Gasteiger partial charge in [0.2, 0.25) is 0 Å². The SMILES string of the molecule is Cc1ccc(C)c(C(=O)NC2(C(=O)O)CCCC(C)C2)c1. The second-order valence-corrected chi connectivity index (χ2v) is 6.36. The Kier molecular flexibility index (Phi) is 4.35. The molecule has 1 aromatic rings. The fourth-order valence-electron chi connectivity index (χ4n) is 3.18. The molecule has 2 rings (SSSR count). The number of carboxylic acids is 1. The van der Waals surface area contributed by atoms with Crippen molar-refractivity contribution in [2.75, 3.05) is 0 Å². The third-order valence-corrected chi connectivity index (χ3v) is 4.40. The highest BCUT2D eigenvalue weighted by Gasteiger charge is 2.43. The van der Waals surface area contributed by atoms with Crippen LogP contribution >= 0.6 is 0 Å². The van der Waals surface area contributed by atoms with Gasteiger partial charge in [-0.05, 0) is 44.2 Å². The quantitative estimate of drug-likeness (QED) is 0.898. The van der Waals surface area contributed by atoms with Crippen molar-refractivity contribution in [1.29, 1.82) is 0 Å². The van der Waals surface area contributed by atoms with Crippen molar-refractivity contribution >= 4 is 11.9 Å². The van der Waals surface area contributed by atoms with Gasteiger partial charge in [-0.2, -0.15) is 0 Å². The smallest absolute Gasteiger partial charge is 0.329 e. The molecule has 0 aromatic heterocycles. The van der Waals surface area contributed by atoms with Crippen LogP contribution in [0.1, 0.15) is 54.1 Å². The normalized spacial score (nSPS) is 25.4. The Morgan fingerprint density at radius 1 is 1.33 bits per heavy atom. The molecular weight excluding hydrogens is 266 g/mol. The lowest BCUT2D eigenvalue weighted by Crippen LogP contribution is -2.56. The molecule has 0 heterocycles.